The average Bonchev–Trinajstić information content (AvgIpc) is 2.56. The molecule has 110 valence electrons. The molecule has 0 saturated carbocycles. The van der Waals surface area contributed by atoms with Gasteiger partial charge < -0.3 is 4.90 Å². The highest BCUT2D eigenvalue weighted by molar-refractivity contribution is 7.71. The number of likely N-dealkylation sites (N-methyl/N-ethyl adjacent to an activating group) is 1. The second-order valence-electron chi connectivity index (χ2n) is 5.40. The van der Waals surface area contributed by atoms with Crippen molar-refractivity contribution in [1.82, 2.24) is 15.1 Å². The zero-order chi connectivity index (χ0) is 14.5. The molecule has 3 rings (SSSR count). The summed E-state index contributed by atoms with van der Waals surface area (Å²) in [5.41, 5.74) is 0. The lowest BCUT2D eigenvalue weighted by atomic mass is 10.4. The molecule has 21 heavy (non-hydrogen) atoms. The van der Waals surface area contributed by atoms with Crippen molar-refractivity contribution in [2.45, 2.75) is 0 Å². The van der Waals surface area contributed by atoms with Gasteiger partial charge in [-0.2, -0.15) is 0 Å². The zero-order valence-electron chi connectivity index (χ0n) is 12.4. The summed E-state index contributed by atoms with van der Waals surface area (Å²) in [5.74, 6) is 0. The lowest BCUT2D eigenvalue weighted by Crippen LogP contribution is -2.50. The summed E-state index contributed by atoms with van der Waals surface area (Å²) >= 11 is 0. The molecule has 1 aliphatic heterocycles. The Morgan fingerprint density at radius 1 is 0.762 bits per heavy atom. The predicted molar refractivity (Wildman–Crippen MR) is 91.3 cm³/mol. The standard InChI is InChI=1S/C17H22N3P/c1-19-12-14-20(15-13-19)18-21(16-8-4-2-5-9-16)17-10-6-3-7-11-17/h2-11,18H,12-15H2,1H3. The Labute approximate surface area is 128 Å². The molecule has 0 spiro atoms. The number of rotatable bonds is 4. The van der Waals surface area contributed by atoms with Crippen LogP contribution in [-0.4, -0.2) is 43.1 Å². The highest BCUT2D eigenvalue weighted by atomic mass is 31.1. The Balaban J connectivity index is 1.80. The maximum Gasteiger partial charge on any atom is 0.0398 e. The minimum atomic E-state index is -0.531. The molecular formula is C17H22N3P. The van der Waals surface area contributed by atoms with Crippen molar-refractivity contribution >= 4 is 18.7 Å². The third-order valence-electron chi connectivity index (χ3n) is 3.77. The molecule has 3 nitrogen and oxygen atoms in total. The van der Waals surface area contributed by atoms with Gasteiger partial charge in [0, 0.05) is 34.3 Å². The molecule has 0 atom stereocenters. The van der Waals surface area contributed by atoms with Crippen molar-refractivity contribution in [1.29, 1.82) is 0 Å². The van der Waals surface area contributed by atoms with E-state index in [2.05, 4.69) is 82.8 Å². The van der Waals surface area contributed by atoms with Crippen molar-refractivity contribution in [3.05, 3.63) is 60.7 Å². The normalized spacial score (nSPS) is 17.2. The summed E-state index contributed by atoms with van der Waals surface area (Å²) in [6, 6.07) is 21.6. The summed E-state index contributed by atoms with van der Waals surface area (Å²) in [5, 5.41) is 8.91. The van der Waals surface area contributed by atoms with Crippen LogP contribution < -0.4 is 15.8 Å². The van der Waals surface area contributed by atoms with Crippen LogP contribution >= 0.6 is 8.07 Å². The monoisotopic (exact) mass is 299 g/mol. The average molecular weight is 299 g/mol. The van der Waals surface area contributed by atoms with E-state index in [4.69, 9.17) is 0 Å². The zero-order valence-corrected chi connectivity index (χ0v) is 13.3. The molecule has 1 saturated heterocycles. The van der Waals surface area contributed by atoms with E-state index in [1.54, 1.807) is 0 Å². The van der Waals surface area contributed by atoms with E-state index < -0.39 is 8.07 Å². The van der Waals surface area contributed by atoms with Crippen molar-refractivity contribution in [2.24, 2.45) is 0 Å². The topological polar surface area (TPSA) is 18.5 Å². The number of hydrogen-bond donors (Lipinski definition) is 1. The van der Waals surface area contributed by atoms with E-state index in [1.165, 1.54) is 10.6 Å². The summed E-state index contributed by atoms with van der Waals surface area (Å²) in [7, 11) is 1.66. The van der Waals surface area contributed by atoms with Crippen LogP contribution in [-0.2, 0) is 0 Å². The molecule has 1 fully saturated rings. The molecule has 1 N–H and O–H groups in total. The fourth-order valence-electron chi connectivity index (χ4n) is 2.47. The maximum atomic E-state index is 3.78. The number of nitrogens with zero attached hydrogens (tertiary/aromatic N) is 2. The molecule has 2 aromatic rings. The Hall–Kier alpha value is -1.25. The van der Waals surface area contributed by atoms with Gasteiger partial charge >= 0.3 is 0 Å². The number of piperazine rings is 1. The highest BCUT2D eigenvalue weighted by Crippen LogP contribution is 2.29. The van der Waals surface area contributed by atoms with E-state index in [1.807, 2.05) is 0 Å². The van der Waals surface area contributed by atoms with Gasteiger partial charge in [0.2, 0.25) is 0 Å². The number of benzene rings is 2. The molecule has 1 heterocycles. The van der Waals surface area contributed by atoms with E-state index >= 15 is 0 Å². The minimum absolute atomic E-state index is 0.531. The maximum absolute atomic E-state index is 3.78. The van der Waals surface area contributed by atoms with E-state index in [0.29, 0.717) is 0 Å². The SMILES string of the molecule is CN1CCN(NP(c2ccccc2)c2ccccc2)CC1. The Morgan fingerprint density at radius 3 is 1.71 bits per heavy atom. The largest absolute Gasteiger partial charge is 0.304 e. The third kappa shape index (κ3) is 3.90. The van der Waals surface area contributed by atoms with Crippen LogP contribution in [0.5, 0.6) is 0 Å². The predicted octanol–water partition coefficient (Wildman–Crippen LogP) is 1.79. The number of hydrogen-bond acceptors (Lipinski definition) is 3. The summed E-state index contributed by atoms with van der Waals surface area (Å²) in [6.45, 7) is 4.41. The van der Waals surface area contributed by atoms with Crippen LogP contribution in [0.15, 0.2) is 60.7 Å². The summed E-state index contributed by atoms with van der Waals surface area (Å²) < 4.78 is 0. The van der Waals surface area contributed by atoms with Gasteiger partial charge in [-0.3, -0.25) is 0 Å². The summed E-state index contributed by atoms with van der Waals surface area (Å²) in [4.78, 5) is 2.38. The lowest BCUT2D eigenvalue weighted by molar-refractivity contribution is 0.137. The molecule has 0 bridgehead atoms. The summed E-state index contributed by atoms with van der Waals surface area (Å²) in [6.07, 6.45) is 0. The third-order valence-corrected chi connectivity index (χ3v) is 5.89. The molecule has 0 radical (unpaired) electrons. The van der Waals surface area contributed by atoms with Crippen LogP contribution in [0.1, 0.15) is 0 Å². The Bertz CT molecular complexity index is 499. The molecule has 4 heteroatoms. The molecule has 0 aliphatic carbocycles. The Morgan fingerprint density at radius 2 is 1.24 bits per heavy atom. The quantitative estimate of drug-likeness (QED) is 0.868. The highest BCUT2D eigenvalue weighted by Gasteiger charge is 2.20. The van der Waals surface area contributed by atoms with E-state index in [-0.39, 0.29) is 0 Å². The van der Waals surface area contributed by atoms with Gasteiger partial charge in [0.1, 0.15) is 0 Å². The Kier molecular flexibility index (Phi) is 5.00. The second-order valence-corrected chi connectivity index (χ2v) is 7.30. The van der Waals surface area contributed by atoms with Crippen molar-refractivity contribution < 1.29 is 0 Å². The van der Waals surface area contributed by atoms with Gasteiger partial charge in [-0.15, -0.1) is 0 Å². The van der Waals surface area contributed by atoms with Crippen molar-refractivity contribution in [3.63, 3.8) is 0 Å². The van der Waals surface area contributed by atoms with Crippen LogP contribution in [0.3, 0.4) is 0 Å². The van der Waals surface area contributed by atoms with Gasteiger partial charge in [-0.1, -0.05) is 60.7 Å². The number of nitrogens with one attached hydrogen (secondary N) is 1. The van der Waals surface area contributed by atoms with Gasteiger partial charge in [0.15, 0.2) is 0 Å². The van der Waals surface area contributed by atoms with Crippen LogP contribution in [0.4, 0.5) is 0 Å². The minimum Gasteiger partial charge on any atom is -0.304 e. The molecular weight excluding hydrogens is 277 g/mol. The van der Waals surface area contributed by atoms with Crippen molar-refractivity contribution in [2.75, 3.05) is 33.2 Å². The number of hydrazine groups is 1. The van der Waals surface area contributed by atoms with E-state index in [9.17, 15) is 0 Å². The molecule has 1 aliphatic rings. The fourth-order valence-corrected chi connectivity index (χ4v) is 4.42. The smallest absolute Gasteiger partial charge is 0.0398 e. The van der Waals surface area contributed by atoms with Crippen LogP contribution in [0.2, 0.25) is 0 Å². The van der Waals surface area contributed by atoms with Crippen LogP contribution in [0.25, 0.3) is 0 Å². The first kappa shape index (κ1) is 14.7. The van der Waals surface area contributed by atoms with E-state index in [0.717, 1.165) is 26.2 Å². The first-order valence-electron chi connectivity index (χ1n) is 7.43. The molecule has 0 aromatic heterocycles. The molecule has 0 amide bonds. The first-order chi connectivity index (χ1) is 10.3. The van der Waals surface area contributed by atoms with Gasteiger partial charge in [-0.25, -0.2) is 10.2 Å². The first-order valence-corrected chi connectivity index (χ1v) is 8.77. The van der Waals surface area contributed by atoms with Crippen molar-refractivity contribution in [3.8, 4) is 0 Å². The van der Waals surface area contributed by atoms with Crippen LogP contribution in [0, 0.1) is 0 Å². The molecule has 0 unspecified atom stereocenters. The van der Waals surface area contributed by atoms with Gasteiger partial charge in [0.25, 0.3) is 0 Å². The van der Waals surface area contributed by atoms with Gasteiger partial charge in [-0.05, 0) is 17.7 Å². The second kappa shape index (κ2) is 7.15. The molecule has 2 aromatic carbocycles. The lowest BCUT2D eigenvalue weighted by Gasteiger charge is -2.35. The van der Waals surface area contributed by atoms with Gasteiger partial charge in [0.05, 0.1) is 0 Å². The fraction of sp³-hybridized carbons (Fsp3) is 0.294.